The number of likely N-dealkylation sites (N-methyl/N-ethyl adjacent to an activating group) is 1. The smallest absolute Gasteiger partial charge is 0.240 e. The number of anilines is 2. The molecule has 0 spiro atoms. The molecule has 0 saturated heterocycles. The van der Waals surface area contributed by atoms with Gasteiger partial charge in [-0.2, -0.15) is 0 Å². The number of nitrogens with two attached hydrogens (primary N) is 1. The van der Waals surface area contributed by atoms with Crippen LogP contribution < -0.4 is 15.4 Å². The van der Waals surface area contributed by atoms with E-state index in [-0.39, 0.29) is 4.90 Å². The Kier molecular flexibility index (Phi) is 5.01. The van der Waals surface area contributed by atoms with Gasteiger partial charge < -0.3 is 15.7 Å². The van der Waals surface area contributed by atoms with Crippen LogP contribution in [-0.2, 0) is 10.0 Å². The van der Waals surface area contributed by atoms with Crippen molar-refractivity contribution in [1.29, 1.82) is 0 Å². The number of benzene rings is 1. The van der Waals surface area contributed by atoms with E-state index in [2.05, 4.69) is 4.72 Å². The number of nitrogens with zero attached hydrogens (tertiary/aromatic N) is 1. The van der Waals surface area contributed by atoms with Crippen molar-refractivity contribution < 1.29 is 13.5 Å². The third-order valence-electron chi connectivity index (χ3n) is 2.88. The van der Waals surface area contributed by atoms with Gasteiger partial charge in [0, 0.05) is 13.1 Å². The summed E-state index contributed by atoms with van der Waals surface area (Å²) in [7, 11) is -2.15. The highest BCUT2D eigenvalue weighted by Gasteiger charge is 2.20. The molecule has 1 aromatic rings. The molecule has 0 heterocycles. The van der Waals surface area contributed by atoms with Gasteiger partial charge in [0.2, 0.25) is 10.0 Å². The van der Waals surface area contributed by atoms with Gasteiger partial charge in [-0.05, 0) is 46.0 Å². The maximum Gasteiger partial charge on any atom is 0.240 e. The lowest BCUT2D eigenvalue weighted by Gasteiger charge is -2.30. The highest BCUT2D eigenvalue weighted by Crippen LogP contribution is 2.27. The summed E-state index contributed by atoms with van der Waals surface area (Å²) in [6.07, 6.45) is 0. The van der Waals surface area contributed by atoms with E-state index in [1.165, 1.54) is 19.2 Å². The zero-order valence-corrected chi connectivity index (χ0v) is 13.2. The van der Waals surface area contributed by atoms with Gasteiger partial charge >= 0.3 is 0 Å². The quantitative estimate of drug-likeness (QED) is 0.675. The van der Waals surface area contributed by atoms with E-state index in [0.29, 0.717) is 24.5 Å². The van der Waals surface area contributed by atoms with Gasteiger partial charge in [-0.25, -0.2) is 13.1 Å². The molecule has 6 nitrogen and oxygen atoms in total. The minimum atomic E-state index is -3.50. The van der Waals surface area contributed by atoms with E-state index < -0.39 is 15.6 Å². The first kappa shape index (κ1) is 16.7. The predicted octanol–water partition coefficient (Wildman–Crippen LogP) is 0.774. The molecule has 1 aromatic carbocycles. The highest BCUT2D eigenvalue weighted by atomic mass is 32.2. The molecular formula is C13H23N3O3S. The summed E-state index contributed by atoms with van der Waals surface area (Å²) in [4.78, 5) is 2.03. The fourth-order valence-corrected chi connectivity index (χ4v) is 2.71. The molecule has 114 valence electrons. The molecule has 0 amide bonds. The molecule has 4 N–H and O–H groups in total. The number of nitrogens with one attached hydrogen (secondary N) is 1. The minimum absolute atomic E-state index is 0.126. The molecule has 0 bridgehead atoms. The van der Waals surface area contributed by atoms with Crippen LogP contribution in [0.15, 0.2) is 23.1 Å². The molecule has 0 aliphatic heterocycles. The lowest BCUT2D eigenvalue weighted by atomic mass is 10.1. The van der Waals surface area contributed by atoms with Gasteiger partial charge in [0.25, 0.3) is 0 Å². The molecule has 1 rings (SSSR count). The topological polar surface area (TPSA) is 95.7 Å². The van der Waals surface area contributed by atoms with Crippen LogP contribution in [0.4, 0.5) is 11.4 Å². The number of aliphatic hydroxyl groups is 1. The van der Waals surface area contributed by atoms with Gasteiger partial charge in [-0.1, -0.05) is 0 Å². The summed E-state index contributed by atoms with van der Waals surface area (Å²) in [6, 6.07) is 4.59. The molecule has 0 aliphatic carbocycles. The van der Waals surface area contributed by atoms with Crippen molar-refractivity contribution in [3.8, 4) is 0 Å². The van der Waals surface area contributed by atoms with E-state index in [1.54, 1.807) is 19.9 Å². The van der Waals surface area contributed by atoms with Gasteiger partial charge in [-0.15, -0.1) is 0 Å². The van der Waals surface area contributed by atoms with E-state index in [4.69, 9.17) is 5.73 Å². The Morgan fingerprint density at radius 2 is 2.00 bits per heavy atom. The first-order valence-electron chi connectivity index (χ1n) is 6.41. The Balaban J connectivity index is 3.15. The van der Waals surface area contributed by atoms with Crippen LogP contribution in [0.2, 0.25) is 0 Å². The summed E-state index contributed by atoms with van der Waals surface area (Å²) >= 11 is 0. The zero-order chi connectivity index (χ0) is 15.6. The second-order valence-corrected chi connectivity index (χ2v) is 7.14. The summed E-state index contributed by atoms with van der Waals surface area (Å²) in [5, 5.41) is 9.90. The van der Waals surface area contributed by atoms with Gasteiger partial charge in [-0.3, -0.25) is 0 Å². The average Bonchev–Trinajstić information content (AvgIpc) is 2.35. The molecule has 0 unspecified atom stereocenters. The van der Waals surface area contributed by atoms with Gasteiger partial charge in [0.1, 0.15) is 0 Å². The Morgan fingerprint density at radius 3 is 2.40 bits per heavy atom. The Hall–Kier alpha value is -1.31. The fraction of sp³-hybridized carbons (Fsp3) is 0.538. The van der Waals surface area contributed by atoms with Crippen LogP contribution in [0, 0.1) is 0 Å². The Morgan fingerprint density at radius 1 is 1.40 bits per heavy atom. The second-order valence-electron chi connectivity index (χ2n) is 5.25. The molecule has 0 fully saturated rings. The number of sulfonamides is 1. The fourth-order valence-electron chi connectivity index (χ4n) is 1.94. The lowest BCUT2D eigenvalue weighted by molar-refractivity contribution is 0.0876. The number of rotatable bonds is 6. The maximum atomic E-state index is 11.7. The van der Waals surface area contributed by atoms with E-state index >= 15 is 0 Å². The molecule has 20 heavy (non-hydrogen) atoms. The first-order valence-corrected chi connectivity index (χ1v) is 7.89. The van der Waals surface area contributed by atoms with E-state index in [0.717, 1.165) is 0 Å². The van der Waals surface area contributed by atoms with E-state index in [1.807, 2.05) is 11.8 Å². The molecule has 0 aliphatic rings. The third-order valence-corrected chi connectivity index (χ3v) is 4.29. The second kappa shape index (κ2) is 5.99. The van der Waals surface area contributed by atoms with Crippen molar-refractivity contribution in [2.75, 3.05) is 30.8 Å². The molecular weight excluding hydrogens is 278 g/mol. The number of hydrogen-bond donors (Lipinski definition) is 3. The summed E-state index contributed by atoms with van der Waals surface area (Å²) < 4.78 is 25.7. The largest absolute Gasteiger partial charge is 0.397 e. The Bertz CT molecular complexity index is 565. The van der Waals surface area contributed by atoms with Gasteiger partial charge in [0.15, 0.2) is 0 Å². The highest BCUT2D eigenvalue weighted by molar-refractivity contribution is 7.89. The van der Waals surface area contributed by atoms with Gasteiger partial charge in [0.05, 0.1) is 21.9 Å². The third kappa shape index (κ3) is 4.09. The van der Waals surface area contributed by atoms with Crippen molar-refractivity contribution >= 4 is 21.4 Å². The zero-order valence-electron chi connectivity index (χ0n) is 12.3. The monoisotopic (exact) mass is 301 g/mol. The molecule has 0 atom stereocenters. The van der Waals surface area contributed by atoms with Crippen LogP contribution in [0.3, 0.4) is 0 Å². The molecule has 7 heteroatoms. The molecule has 0 radical (unpaired) electrons. The Labute approximate surface area is 120 Å². The van der Waals surface area contributed by atoms with Crippen molar-refractivity contribution in [2.45, 2.75) is 31.3 Å². The SMILES string of the molecule is CCN(CC(C)(C)O)c1ccc(S(=O)(=O)NC)cc1N. The standard InChI is InChI=1S/C13H23N3O3S/c1-5-16(9-13(2,3)17)12-7-6-10(8-11(12)14)20(18,19)15-4/h6-8,15,17H,5,9,14H2,1-4H3. The number of hydrogen-bond acceptors (Lipinski definition) is 5. The van der Waals surface area contributed by atoms with Crippen molar-refractivity contribution in [3.63, 3.8) is 0 Å². The molecule has 0 saturated carbocycles. The van der Waals surface area contributed by atoms with Crippen molar-refractivity contribution in [1.82, 2.24) is 4.72 Å². The van der Waals surface area contributed by atoms with Crippen LogP contribution in [-0.4, -0.2) is 39.3 Å². The van der Waals surface area contributed by atoms with Crippen LogP contribution in [0.1, 0.15) is 20.8 Å². The summed E-state index contributed by atoms with van der Waals surface area (Å²) in [5.74, 6) is 0. The number of nitrogen functional groups attached to an aromatic ring is 1. The minimum Gasteiger partial charge on any atom is -0.397 e. The molecule has 0 aromatic heterocycles. The maximum absolute atomic E-state index is 11.7. The van der Waals surface area contributed by atoms with E-state index in [9.17, 15) is 13.5 Å². The van der Waals surface area contributed by atoms with Crippen LogP contribution in [0.25, 0.3) is 0 Å². The van der Waals surface area contributed by atoms with Crippen LogP contribution in [0.5, 0.6) is 0 Å². The lowest BCUT2D eigenvalue weighted by Crippen LogP contribution is -2.39. The van der Waals surface area contributed by atoms with Crippen molar-refractivity contribution in [2.24, 2.45) is 0 Å². The summed E-state index contributed by atoms with van der Waals surface area (Å²) in [6.45, 7) is 6.44. The van der Waals surface area contributed by atoms with Crippen LogP contribution >= 0.6 is 0 Å². The predicted molar refractivity (Wildman–Crippen MR) is 81.3 cm³/mol. The average molecular weight is 301 g/mol. The van der Waals surface area contributed by atoms with Crippen molar-refractivity contribution in [3.05, 3.63) is 18.2 Å². The summed E-state index contributed by atoms with van der Waals surface area (Å²) in [5.41, 5.74) is 6.17. The first-order chi connectivity index (χ1) is 9.10. The normalized spacial score (nSPS) is 12.4.